The van der Waals surface area contributed by atoms with Gasteiger partial charge >= 0.3 is 0 Å². The Hall–Kier alpha value is -1.78. The lowest BCUT2D eigenvalue weighted by Gasteiger charge is -2.39. The van der Waals surface area contributed by atoms with E-state index in [9.17, 15) is 8.78 Å². The summed E-state index contributed by atoms with van der Waals surface area (Å²) < 4.78 is 24.7. The highest BCUT2D eigenvalue weighted by Gasteiger charge is 2.34. The van der Waals surface area contributed by atoms with Gasteiger partial charge in [-0.3, -0.25) is 4.98 Å². The quantitative estimate of drug-likeness (QED) is 0.800. The summed E-state index contributed by atoms with van der Waals surface area (Å²) in [5.74, 6) is 0.156. The van der Waals surface area contributed by atoms with Gasteiger partial charge in [-0.15, -0.1) is 0 Å². The summed E-state index contributed by atoms with van der Waals surface area (Å²) in [6.45, 7) is 0.732. The highest BCUT2D eigenvalue weighted by Crippen LogP contribution is 2.27. The summed E-state index contributed by atoms with van der Waals surface area (Å²) in [6.07, 6.45) is -0.594. The summed E-state index contributed by atoms with van der Waals surface area (Å²) in [5, 5.41) is 0. The van der Waals surface area contributed by atoms with Gasteiger partial charge in [0.15, 0.2) is 0 Å². The van der Waals surface area contributed by atoms with Gasteiger partial charge in [0.2, 0.25) is 6.43 Å². The predicted octanol–water partition coefficient (Wildman–Crippen LogP) is 2.33. The van der Waals surface area contributed by atoms with Gasteiger partial charge in [-0.25, -0.2) is 13.8 Å². The number of halogens is 2. The average Bonchev–Trinajstić information content (AvgIpc) is 2.26. The zero-order valence-corrected chi connectivity index (χ0v) is 9.05. The first-order chi connectivity index (χ1) is 8.24. The molecule has 17 heavy (non-hydrogen) atoms. The molecule has 1 saturated heterocycles. The molecule has 3 nitrogen and oxygen atoms in total. The molecule has 1 aliphatic rings. The van der Waals surface area contributed by atoms with E-state index in [1.165, 1.54) is 0 Å². The molecule has 1 fully saturated rings. The van der Waals surface area contributed by atoms with Gasteiger partial charge in [0.25, 0.3) is 0 Å². The lowest BCUT2D eigenvalue weighted by Crippen LogP contribution is -2.50. The number of anilines is 1. The second kappa shape index (κ2) is 3.91. The Morgan fingerprint density at radius 3 is 2.59 bits per heavy atom. The van der Waals surface area contributed by atoms with Crippen molar-refractivity contribution in [3.63, 3.8) is 0 Å². The summed E-state index contributed by atoms with van der Waals surface area (Å²) >= 11 is 0. The molecule has 1 aromatic carbocycles. The van der Waals surface area contributed by atoms with Crippen molar-refractivity contribution in [2.24, 2.45) is 5.92 Å². The number of fused-ring (bicyclic) bond motifs is 1. The predicted molar refractivity (Wildman–Crippen MR) is 61.2 cm³/mol. The highest BCUT2D eigenvalue weighted by molar-refractivity contribution is 5.75. The maximum absolute atomic E-state index is 12.4. The van der Waals surface area contributed by atoms with Gasteiger partial charge in [-0.2, -0.15) is 0 Å². The van der Waals surface area contributed by atoms with Crippen molar-refractivity contribution in [3.05, 3.63) is 30.5 Å². The molecule has 0 spiro atoms. The van der Waals surface area contributed by atoms with E-state index < -0.39 is 12.3 Å². The van der Waals surface area contributed by atoms with Gasteiger partial charge in [0, 0.05) is 13.1 Å². The van der Waals surface area contributed by atoms with Crippen LogP contribution in [0.5, 0.6) is 0 Å². The van der Waals surface area contributed by atoms with Crippen molar-refractivity contribution in [1.29, 1.82) is 0 Å². The van der Waals surface area contributed by atoms with E-state index in [0.717, 1.165) is 11.0 Å². The highest BCUT2D eigenvalue weighted by atomic mass is 19.3. The van der Waals surface area contributed by atoms with Crippen LogP contribution in [0.15, 0.2) is 30.5 Å². The van der Waals surface area contributed by atoms with Crippen molar-refractivity contribution in [3.8, 4) is 0 Å². The first-order valence-corrected chi connectivity index (χ1v) is 5.49. The van der Waals surface area contributed by atoms with Crippen molar-refractivity contribution in [2.45, 2.75) is 6.43 Å². The summed E-state index contributed by atoms with van der Waals surface area (Å²) in [6, 6.07) is 7.53. The number of hydrogen-bond donors (Lipinski definition) is 0. The molecule has 3 rings (SSSR count). The molecule has 1 aliphatic heterocycles. The summed E-state index contributed by atoms with van der Waals surface area (Å²) in [5.41, 5.74) is 1.62. The van der Waals surface area contributed by atoms with Crippen molar-refractivity contribution in [2.75, 3.05) is 18.0 Å². The van der Waals surface area contributed by atoms with Crippen LogP contribution >= 0.6 is 0 Å². The Labute approximate surface area is 97.1 Å². The third-order valence-corrected chi connectivity index (χ3v) is 3.03. The summed E-state index contributed by atoms with van der Waals surface area (Å²) in [7, 11) is 0. The van der Waals surface area contributed by atoms with Crippen LogP contribution in [0, 0.1) is 5.92 Å². The first-order valence-electron chi connectivity index (χ1n) is 5.49. The largest absolute Gasteiger partial charge is 0.354 e. The zero-order valence-electron chi connectivity index (χ0n) is 9.05. The Morgan fingerprint density at radius 2 is 1.88 bits per heavy atom. The Morgan fingerprint density at radius 1 is 1.18 bits per heavy atom. The van der Waals surface area contributed by atoms with Gasteiger partial charge in [-0.05, 0) is 12.1 Å². The third-order valence-electron chi connectivity index (χ3n) is 3.03. The van der Waals surface area contributed by atoms with Gasteiger partial charge < -0.3 is 4.90 Å². The second-order valence-corrected chi connectivity index (χ2v) is 4.22. The molecule has 0 bridgehead atoms. The van der Waals surface area contributed by atoms with Crippen LogP contribution < -0.4 is 4.90 Å². The minimum absolute atomic E-state index is 0.366. The lowest BCUT2D eigenvalue weighted by atomic mass is 10.0. The topological polar surface area (TPSA) is 29.0 Å². The van der Waals surface area contributed by atoms with Gasteiger partial charge in [0.1, 0.15) is 5.82 Å². The lowest BCUT2D eigenvalue weighted by molar-refractivity contribution is 0.0611. The zero-order chi connectivity index (χ0) is 11.8. The van der Waals surface area contributed by atoms with Crippen LogP contribution in [-0.2, 0) is 0 Å². The van der Waals surface area contributed by atoms with E-state index in [1.807, 2.05) is 29.2 Å². The van der Waals surface area contributed by atoms with Crippen molar-refractivity contribution < 1.29 is 8.78 Å². The molecule has 0 unspecified atom stereocenters. The monoisotopic (exact) mass is 235 g/mol. The van der Waals surface area contributed by atoms with E-state index in [4.69, 9.17) is 0 Å². The SMILES string of the molecule is FC(F)C1CN(c2cnc3ccccc3n2)C1. The number of hydrogen-bond acceptors (Lipinski definition) is 3. The standard InChI is InChI=1S/C12H11F2N3/c13-12(14)8-6-17(7-8)11-5-15-9-3-1-2-4-10(9)16-11/h1-5,8,12H,6-7H2. The van der Waals surface area contributed by atoms with Crippen molar-refractivity contribution in [1.82, 2.24) is 9.97 Å². The minimum atomic E-state index is -2.24. The van der Waals surface area contributed by atoms with Crippen LogP contribution in [0.25, 0.3) is 11.0 Å². The van der Waals surface area contributed by atoms with Crippen molar-refractivity contribution >= 4 is 16.9 Å². The average molecular weight is 235 g/mol. The molecule has 2 aromatic rings. The van der Waals surface area contributed by atoms with Crippen LogP contribution in [0.4, 0.5) is 14.6 Å². The normalized spacial score (nSPS) is 16.5. The van der Waals surface area contributed by atoms with Crippen LogP contribution in [-0.4, -0.2) is 29.5 Å². The number of para-hydroxylation sites is 2. The maximum atomic E-state index is 12.4. The van der Waals surface area contributed by atoms with Gasteiger partial charge in [-0.1, -0.05) is 12.1 Å². The smallest absolute Gasteiger partial charge is 0.244 e. The Balaban J connectivity index is 1.83. The third kappa shape index (κ3) is 1.81. The minimum Gasteiger partial charge on any atom is -0.354 e. The Bertz CT molecular complexity index is 538. The molecule has 0 saturated carbocycles. The molecule has 2 heterocycles. The molecular weight excluding hydrogens is 224 g/mol. The Kier molecular flexibility index (Phi) is 2.39. The number of alkyl halides is 2. The molecular formula is C12H11F2N3. The van der Waals surface area contributed by atoms with Crippen LogP contribution in [0.1, 0.15) is 0 Å². The van der Waals surface area contributed by atoms with E-state index in [0.29, 0.717) is 18.9 Å². The number of benzene rings is 1. The molecule has 0 N–H and O–H groups in total. The molecule has 5 heteroatoms. The molecule has 0 aliphatic carbocycles. The summed E-state index contributed by atoms with van der Waals surface area (Å²) in [4.78, 5) is 10.5. The molecule has 1 aromatic heterocycles. The molecule has 88 valence electrons. The number of nitrogens with zero attached hydrogens (tertiary/aromatic N) is 3. The fourth-order valence-corrected chi connectivity index (χ4v) is 1.96. The number of rotatable bonds is 2. The van der Waals surface area contributed by atoms with E-state index in [-0.39, 0.29) is 0 Å². The molecule has 0 atom stereocenters. The second-order valence-electron chi connectivity index (χ2n) is 4.22. The molecule has 0 amide bonds. The van der Waals surface area contributed by atoms with Gasteiger partial charge in [0.05, 0.1) is 23.1 Å². The van der Waals surface area contributed by atoms with Crippen LogP contribution in [0.2, 0.25) is 0 Å². The molecule has 0 radical (unpaired) electrons. The van der Waals surface area contributed by atoms with E-state index >= 15 is 0 Å². The maximum Gasteiger partial charge on any atom is 0.244 e. The van der Waals surface area contributed by atoms with E-state index in [1.54, 1.807) is 6.20 Å². The fourth-order valence-electron chi connectivity index (χ4n) is 1.96. The first kappa shape index (κ1) is 10.4. The van der Waals surface area contributed by atoms with E-state index in [2.05, 4.69) is 9.97 Å². The fraction of sp³-hybridized carbons (Fsp3) is 0.333. The number of aromatic nitrogens is 2. The van der Waals surface area contributed by atoms with Crippen LogP contribution in [0.3, 0.4) is 0 Å².